The molecule has 1 aromatic carbocycles. The van der Waals surface area contributed by atoms with Crippen LogP contribution in [-0.2, 0) is 21.7 Å². The standard InChI is InChI=1S/C30H32N6O6S/c1-30(16-5-6-16,28-34-25-21(42-14-15-3-4-15)11-17(41-2)12-22(25)43-28)35-29(40)32-23-9-7-18-19(31-23)13-36(27(18)39)20-8-10-24(37)33-26(20)38/h7,9,11-12,15-16,20H,3-6,8,10,13-14H2,1-2H3,(H,33,37,38)(H2,31,32,35,40)/t20?,30-/m0/s1. The van der Waals surface area contributed by atoms with Crippen molar-refractivity contribution in [2.75, 3.05) is 19.0 Å². The lowest BCUT2D eigenvalue weighted by atomic mass is 9.97. The predicted molar refractivity (Wildman–Crippen MR) is 157 cm³/mol. The molecule has 7 rings (SSSR count). The highest BCUT2D eigenvalue weighted by atomic mass is 32.1. The lowest BCUT2D eigenvalue weighted by Crippen LogP contribution is -2.52. The van der Waals surface area contributed by atoms with E-state index >= 15 is 0 Å². The van der Waals surface area contributed by atoms with E-state index in [1.807, 2.05) is 19.1 Å². The van der Waals surface area contributed by atoms with Crippen LogP contribution in [0.1, 0.15) is 66.5 Å². The van der Waals surface area contributed by atoms with Crippen LogP contribution in [0.3, 0.4) is 0 Å². The maximum atomic E-state index is 13.4. The summed E-state index contributed by atoms with van der Waals surface area (Å²) in [4.78, 5) is 61.2. The van der Waals surface area contributed by atoms with Crippen molar-refractivity contribution in [1.29, 1.82) is 0 Å². The smallest absolute Gasteiger partial charge is 0.321 e. The van der Waals surface area contributed by atoms with Gasteiger partial charge >= 0.3 is 6.03 Å². The molecule has 4 aliphatic rings. The second kappa shape index (κ2) is 10.5. The zero-order chi connectivity index (χ0) is 29.9. The topological polar surface area (TPSA) is 152 Å². The molecule has 0 spiro atoms. The number of pyridine rings is 1. The maximum absolute atomic E-state index is 13.4. The number of carbonyl (C=O) groups excluding carboxylic acids is 4. The molecule has 5 amide bonds. The fourth-order valence-corrected chi connectivity index (χ4v) is 6.99. The molecule has 43 heavy (non-hydrogen) atoms. The highest BCUT2D eigenvalue weighted by molar-refractivity contribution is 7.18. The minimum Gasteiger partial charge on any atom is -0.497 e. The Labute approximate surface area is 251 Å². The van der Waals surface area contributed by atoms with E-state index in [4.69, 9.17) is 14.5 Å². The number of piperidine rings is 1. The summed E-state index contributed by atoms with van der Waals surface area (Å²) < 4.78 is 12.6. The normalized spacial score (nSPS) is 21.3. The molecule has 2 aliphatic heterocycles. The fourth-order valence-electron chi connectivity index (χ4n) is 5.80. The number of fused-ring (bicyclic) bond motifs is 2. The summed E-state index contributed by atoms with van der Waals surface area (Å²) in [5.74, 6) is 1.35. The SMILES string of the molecule is COc1cc(OCC2CC2)c2nc([C@@](C)(NC(=O)Nc3ccc4c(n3)CN(C3CCC(=O)NC3=O)C4=O)C3CC3)sc2c1. The Bertz CT molecular complexity index is 1670. The fraction of sp³-hybridized carbons (Fsp3) is 0.467. The average molecular weight is 605 g/mol. The van der Waals surface area contributed by atoms with E-state index in [0.717, 1.165) is 28.1 Å². The van der Waals surface area contributed by atoms with Crippen molar-refractivity contribution in [2.45, 2.75) is 63.6 Å². The Kier molecular flexibility index (Phi) is 6.71. The number of nitrogens with one attached hydrogen (secondary N) is 3. The van der Waals surface area contributed by atoms with Gasteiger partial charge in [0.25, 0.3) is 5.91 Å². The number of nitrogens with zero attached hydrogens (tertiary/aromatic N) is 3. The van der Waals surface area contributed by atoms with Crippen LogP contribution in [-0.4, -0.2) is 58.4 Å². The Morgan fingerprint density at radius 3 is 2.67 bits per heavy atom. The Morgan fingerprint density at radius 1 is 1.14 bits per heavy atom. The number of ether oxygens (including phenoxy) is 2. The number of anilines is 1. The number of hydrogen-bond donors (Lipinski definition) is 3. The van der Waals surface area contributed by atoms with Gasteiger partial charge in [-0.05, 0) is 69.1 Å². The first-order valence-electron chi connectivity index (χ1n) is 14.6. The monoisotopic (exact) mass is 604 g/mol. The van der Waals surface area contributed by atoms with Gasteiger partial charge < -0.3 is 19.7 Å². The Hall–Kier alpha value is -4.26. The van der Waals surface area contributed by atoms with Gasteiger partial charge in [-0.1, -0.05) is 0 Å². The highest BCUT2D eigenvalue weighted by Crippen LogP contribution is 2.48. The van der Waals surface area contributed by atoms with E-state index in [-0.39, 0.29) is 42.9 Å². The van der Waals surface area contributed by atoms with Crippen LogP contribution in [0, 0.1) is 11.8 Å². The highest BCUT2D eigenvalue weighted by Gasteiger charge is 2.47. The third-order valence-electron chi connectivity index (χ3n) is 8.67. The van der Waals surface area contributed by atoms with Gasteiger partial charge in [0.1, 0.15) is 33.9 Å². The summed E-state index contributed by atoms with van der Waals surface area (Å²) in [5.41, 5.74) is 0.893. The first kappa shape index (κ1) is 27.6. The summed E-state index contributed by atoms with van der Waals surface area (Å²) >= 11 is 1.52. The summed E-state index contributed by atoms with van der Waals surface area (Å²) in [6.45, 7) is 2.77. The molecule has 2 atom stereocenters. The van der Waals surface area contributed by atoms with Crippen molar-refractivity contribution in [3.8, 4) is 11.5 Å². The van der Waals surface area contributed by atoms with E-state index in [9.17, 15) is 19.2 Å². The Morgan fingerprint density at radius 2 is 1.95 bits per heavy atom. The number of amides is 5. The molecule has 2 aromatic heterocycles. The van der Waals surface area contributed by atoms with E-state index in [1.54, 1.807) is 19.2 Å². The maximum Gasteiger partial charge on any atom is 0.321 e. The molecule has 2 saturated carbocycles. The number of benzene rings is 1. The van der Waals surface area contributed by atoms with Crippen LogP contribution >= 0.6 is 11.3 Å². The third kappa shape index (κ3) is 5.26. The van der Waals surface area contributed by atoms with Gasteiger partial charge in [-0.15, -0.1) is 11.3 Å². The molecule has 12 nitrogen and oxygen atoms in total. The van der Waals surface area contributed by atoms with Crippen LogP contribution in [0.4, 0.5) is 10.6 Å². The molecule has 0 bridgehead atoms. The predicted octanol–water partition coefficient (Wildman–Crippen LogP) is 3.70. The van der Waals surface area contributed by atoms with Crippen LogP contribution in [0.5, 0.6) is 11.5 Å². The number of methoxy groups -OCH3 is 1. The summed E-state index contributed by atoms with van der Waals surface area (Å²) in [6, 6.07) is 5.83. The van der Waals surface area contributed by atoms with Gasteiger partial charge in [-0.2, -0.15) is 0 Å². The zero-order valence-corrected chi connectivity index (χ0v) is 24.7. The number of aromatic nitrogens is 2. The first-order valence-corrected chi connectivity index (χ1v) is 15.4. The van der Waals surface area contributed by atoms with Crippen molar-refractivity contribution < 1.29 is 28.7 Å². The third-order valence-corrected chi connectivity index (χ3v) is 9.91. The molecule has 1 unspecified atom stereocenters. The quantitative estimate of drug-likeness (QED) is 0.313. The summed E-state index contributed by atoms with van der Waals surface area (Å²) in [6.07, 6.45) is 4.74. The number of urea groups is 1. The Balaban J connectivity index is 1.08. The van der Waals surface area contributed by atoms with E-state index in [2.05, 4.69) is 20.9 Å². The molecule has 0 radical (unpaired) electrons. The van der Waals surface area contributed by atoms with E-state index in [0.29, 0.717) is 35.3 Å². The molecule has 2 aliphatic carbocycles. The van der Waals surface area contributed by atoms with E-state index < -0.39 is 23.5 Å². The molecular weight excluding hydrogens is 572 g/mol. The molecule has 224 valence electrons. The van der Waals surface area contributed by atoms with Crippen LogP contribution in [0.15, 0.2) is 24.3 Å². The molecule has 3 N–H and O–H groups in total. The number of hydrogen-bond acceptors (Lipinski definition) is 9. The van der Waals surface area contributed by atoms with Crippen LogP contribution < -0.4 is 25.4 Å². The lowest BCUT2D eigenvalue weighted by Gasteiger charge is -2.29. The van der Waals surface area contributed by atoms with Gasteiger partial charge in [-0.25, -0.2) is 14.8 Å². The molecule has 4 heterocycles. The lowest BCUT2D eigenvalue weighted by molar-refractivity contribution is -0.136. The largest absolute Gasteiger partial charge is 0.497 e. The number of carbonyl (C=O) groups is 4. The van der Waals surface area contributed by atoms with Gasteiger partial charge in [0.2, 0.25) is 11.8 Å². The van der Waals surface area contributed by atoms with Crippen molar-refractivity contribution in [2.24, 2.45) is 11.8 Å². The van der Waals surface area contributed by atoms with Crippen molar-refractivity contribution in [1.82, 2.24) is 25.5 Å². The van der Waals surface area contributed by atoms with E-state index in [1.165, 1.54) is 29.1 Å². The number of rotatable bonds is 9. The minimum absolute atomic E-state index is 0.123. The molecule has 3 fully saturated rings. The molecule has 1 saturated heterocycles. The second-order valence-corrected chi connectivity index (χ2v) is 12.9. The molecule has 13 heteroatoms. The summed E-state index contributed by atoms with van der Waals surface area (Å²) in [5, 5.41) is 9.07. The van der Waals surface area contributed by atoms with Crippen LogP contribution in [0.25, 0.3) is 10.2 Å². The second-order valence-electron chi connectivity index (χ2n) is 11.9. The minimum atomic E-state index is -0.730. The number of imide groups is 1. The van der Waals surface area contributed by atoms with Crippen LogP contribution in [0.2, 0.25) is 0 Å². The van der Waals surface area contributed by atoms with Gasteiger partial charge in [0, 0.05) is 12.5 Å². The van der Waals surface area contributed by atoms with Crippen molar-refractivity contribution in [3.05, 3.63) is 40.5 Å². The number of thiazole rings is 1. The van der Waals surface area contributed by atoms with Gasteiger partial charge in [0.05, 0.1) is 41.8 Å². The average Bonchev–Trinajstić information content (AvgIpc) is 3.91. The first-order chi connectivity index (χ1) is 20.7. The summed E-state index contributed by atoms with van der Waals surface area (Å²) in [7, 11) is 1.63. The van der Waals surface area contributed by atoms with Crippen molar-refractivity contribution in [3.63, 3.8) is 0 Å². The van der Waals surface area contributed by atoms with Gasteiger partial charge in [0.15, 0.2) is 0 Å². The molecular formula is C30H32N6O6S. The molecule has 3 aromatic rings. The van der Waals surface area contributed by atoms with Gasteiger partial charge in [-0.3, -0.25) is 25.0 Å². The zero-order valence-electron chi connectivity index (χ0n) is 23.9. The van der Waals surface area contributed by atoms with Crippen molar-refractivity contribution >= 4 is 51.1 Å².